The third kappa shape index (κ3) is 1.16. The van der Waals surface area contributed by atoms with E-state index in [9.17, 15) is 0 Å². The van der Waals surface area contributed by atoms with Gasteiger partial charge in [0.15, 0.2) is 0 Å². The topological polar surface area (TPSA) is 0 Å². The van der Waals surface area contributed by atoms with Crippen LogP contribution in [0.15, 0.2) is 23.3 Å². The van der Waals surface area contributed by atoms with Crippen molar-refractivity contribution in [3.05, 3.63) is 23.3 Å². The average Bonchev–Trinajstić information content (AvgIpc) is 2.17. The maximum Gasteiger partial charge on any atom is -0.0164 e. The summed E-state index contributed by atoms with van der Waals surface area (Å²) in [4.78, 5) is 0. The highest BCUT2D eigenvalue weighted by atomic mass is 14.2. The molecule has 54 valence electrons. The van der Waals surface area contributed by atoms with Crippen LogP contribution in [0.4, 0.5) is 0 Å². The monoisotopic (exact) mass is 134 g/mol. The van der Waals surface area contributed by atoms with Crippen LogP contribution in [0.1, 0.15) is 38.5 Å². The van der Waals surface area contributed by atoms with E-state index >= 15 is 0 Å². The molecule has 0 atom stereocenters. The van der Waals surface area contributed by atoms with Crippen molar-refractivity contribution in [2.45, 2.75) is 38.5 Å². The second-order valence-electron chi connectivity index (χ2n) is 3.31. The maximum absolute atomic E-state index is 2.42. The van der Waals surface area contributed by atoms with Crippen molar-refractivity contribution in [2.24, 2.45) is 0 Å². The lowest BCUT2D eigenvalue weighted by Gasteiger charge is -2.00. The standard InChI is InChI=1S/C10H14/c1-3-9-5-2-6-10(4-1)8-7-9/h3-4H,1-2,5-8H2. The molecule has 2 aliphatic rings. The summed E-state index contributed by atoms with van der Waals surface area (Å²) in [5.41, 5.74) is 3.42. The van der Waals surface area contributed by atoms with Crippen LogP contribution >= 0.6 is 0 Å². The van der Waals surface area contributed by atoms with Crippen LogP contribution in [-0.4, -0.2) is 0 Å². The molecule has 0 nitrogen and oxygen atoms in total. The number of rotatable bonds is 0. The molecule has 0 heterocycles. The van der Waals surface area contributed by atoms with Crippen LogP contribution in [-0.2, 0) is 0 Å². The molecule has 0 aromatic carbocycles. The highest BCUT2D eigenvalue weighted by molar-refractivity contribution is 5.18. The lowest BCUT2D eigenvalue weighted by atomic mass is 10.1. The van der Waals surface area contributed by atoms with Crippen LogP contribution in [0.3, 0.4) is 0 Å². The number of hydrogen-bond acceptors (Lipinski definition) is 0. The van der Waals surface area contributed by atoms with Gasteiger partial charge in [-0.05, 0) is 38.5 Å². The fourth-order valence-electron chi connectivity index (χ4n) is 1.91. The molecule has 0 unspecified atom stereocenters. The molecule has 1 fully saturated rings. The second kappa shape index (κ2) is 2.61. The molecule has 0 N–H and O–H groups in total. The molecular formula is C10H14. The second-order valence-corrected chi connectivity index (χ2v) is 3.31. The molecule has 2 rings (SSSR count). The lowest BCUT2D eigenvalue weighted by molar-refractivity contribution is 0.817. The molecule has 0 radical (unpaired) electrons. The van der Waals surface area contributed by atoms with Crippen LogP contribution in [0, 0.1) is 0 Å². The highest BCUT2D eigenvalue weighted by Crippen LogP contribution is 2.29. The zero-order valence-corrected chi connectivity index (χ0v) is 6.40. The largest absolute Gasteiger partial charge is 0.0815 e. The highest BCUT2D eigenvalue weighted by Gasteiger charge is 2.09. The third-order valence-electron chi connectivity index (χ3n) is 2.58. The zero-order chi connectivity index (χ0) is 6.81. The van der Waals surface area contributed by atoms with Crippen molar-refractivity contribution >= 4 is 0 Å². The van der Waals surface area contributed by atoms with E-state index in [1.54, 1.807) is 11.1 Å². The average molecular weight is 134 g/mol. The fraction of sp³-hybridized carbons (Fsp3) is 0.600. The van der Waals surface area contributed by atoms with Gasteiger partial charge in [0.25, 0.3) is 0 Å². The normalized spacial score (nSPS) is 24.8. The van der Waals surface area contributed by atoms with E-state index in [2.05, 4.69) is 12.2 Å². The lowest BCUT2D eigenvalue weighted by Crippen LogP contribution is -1.80. The molecule has 0 spiro atoms. The molecule has 2 aliphatic carbocycles. The maximum atomic E-state index is 2.42. The molecule has 0 heteroatoms. The summed E-state index contributed by atoms with van der Waals surface area (Å²) >= 11 is 0. The minimum absolute atomic E-state index is 1.21. The van der Waals surface area contributed by atoms with E-state index in [0.717, 1.165) is 0 Å². The molecular weight excluding hydrogens is 120 g/mol. The third-order valence-corrected chi connectivity index (χ3v) is 2.58. The number of allylic oxidation sites excluding steroid dienone is 4. The van der Waals surface area contributed by atoms with Gasteiger partial charge in [0.2, 0.25) is 0 Å². The number of hydrogen-bond donors (Lipinski definition) is 0. The van der Waals surface area contributed by atoms with Gasteiger partial charge in [-0.15, -0.1) is 0 Å². The van der Waals surface area contributed by atoms with E-state index in [1.165, 1.54) is 38.5 Å². The summed E-state index contributed by atoms with van der Waals surface area (Å²) in [6.45, 7) is 0. The van der Waals surface area contributed by atoms with Crippen molar-refractivity contribution in [3.8, 4) is 0 Å². The van der Waals surface area contributed by atoms with Crippen molar-refractivity contribution in [2.75, 3.05) is 0 Å². The van der Waals surface area contributed by atoms with Gasteiger partial charge in [-0.25, -0.2) is 0 Å². The van der Waals surface area contributed by atoms with E-state index in [0.29, 0.717) is 0 Å². The van der Waals surface area contributed by atoms with E-state index in [1.807, 2.05) is 0 Å². The summed E-state index contributed by atoms with van der Waals surface area (Å²) in [6, 6.07) is 0. The molecule has 0 amide bonds. The summed E-state index contributed by atoms with van der Waals surface area (Å²) in [5.74, 6) is 0. The first-order chi connectivity index (χ1) is 4.95. The molecule has 0 aliphatic heterocycles. The molecule has 0 aromatic rings. The number of fused-ring (bicyclic) bond motifs is 3. The summed E-state index contributed by atoms with van der Waals surface area (Å²) in [5, 5.41) is 0. The van der Waals surface area contributed by atoms with E-state index in [4.69, 9.17) is 0 Å². The van der Waals surface area contributed by atoms with E-state index in [-0.39, 0.29) is 0 Å². The zero-order valence-electron chi connectivity index (χ0n) is 6.40. The molecule has 0 aromatic heterocycles. The Hall–Kier alpha value is -0.520. The first-order valence-electron chi connectivity index (χ1n) is 4.31. The van der Waals surface area contributed by atoms with Gasteiger partial charge >= 0.3 is 0 Å². The predicted molar refractivity (Wildman–Crippen MR) is 43.9 cm³/mol. The van der Waals surface area contributed by atoms with Gasteiger partial charge in [0.1, 0.15) is 0 Å². The summed E-state index contributed by atoms with van der Waals surface area (Å²) < 4.78 is 0. The summed E-state index contributed by atoms with van der Waals surface area (Å²) in [7, 11) is 0. The minimum atomic E-state index is 1.21. The van der Waals surface area contributed by atoms with Gasteiger partial charge in [0.05, 0.1) is 0 Å². The molecule has 10 heavy (non-hydrogen) atoms. The first-order valence-corrected chi connectivity index (χ1v) is 4.31. The Morgan fingerprint density at radius 2 is 1.40 bits per heavy atom. The Morgan fingerprint density at radius 1 is 0.800 bits per heavy atom. The van der Waals surface area contributed by atoms with Gasteiger partial charge in [-0.2, -0.15) is 0 Å². The predicted octanol–water partition coefficient (Wildman–Crippen LogP) is 3.21. The first kappa shape index (κ1) is 6.21. The smallest absolute Gasteiger partial charge is 0.0164 e. The fourth-order valence-corrected chi connectivity index (χ4v) is 1.91. The Kier molecular flexibility index (Phi) is 1.62. The van der Waals surface area contributed by atoms with Crippen LogP contribution in [0.25, 0.3) is 0 Å². The van der Waals surface area contributed by atoms with Crippen LogP contribution < -0.4 is 0 Å². The van der Waals surface area contributed by atoms with E-state index < -0.39 is 0 Å². The van der Waals surface area contributed by atoms with Crippen molar-refractivity contribution in [1.82, 2.24) is 0 Å². The van der Waals surface area contributed by atoms with Gasteiger partial charge in [0, 0.05) is 0 Å². The molecule has 0 saturated heterocycles. The van der Waals surface area contributed by atoms with Crippen molar-refractivity contribution in [1.29, 1.82) is 0 Å². The van der Waals surface area contributed by atoms with Gasteiger partial charge in [-0.1, -0.05) is 23.3 Å². The van der Waals surface area contributed by atoms with Crippen molar-refractivity contribution < 1.29 is 0 Å². The quantitative estimate of drug-likeness (QED) is 0.446. The summed E-state index contributed by atoms with van der Waals surface area (Å²) in [6.07, 6.45) is 12.9. The Morgan fingerprint density at radius 3 is 2.00 bits per heavy atom. The SMILES string of the molecule is C1=C2CCCC(=CC1)CC2. The Labute approximate surface area is 62.6 Å². The molecule has 2 bridgehead atoms. The van der Waals surface area contributed by atoms with Gasteiger partial charge in [-0.3, -0.25) is 0 Å². The van der Waals surface area contributed by atoms with Crippen LogP contribution in [0.5, 0.6) is 0 Å². The van der Waals surface area contributed by atoms with Gasteiger partial charge < -0.3 is 0 Å². The Balaban J connectivity index is 2.23. The molecule has 1 saturated carbocycles. The van der Waals surface area contributed by atoms with Crippen LogP contribution in [0.2, 0.25) is 0 Å². The Bertz CT molecular complexity index is 164. The van der Waals surface area contributed by atoms with Crippen molar-refractivity contribution in [3.63, 3.8) is 0 Å². The minimum Gasteiger partial charge on any atom is -0.0815 e.